The van der Waals surface area contributed by atoms with Crippen molar-refractivity contribution in [3.63, 3.8) is 0 Å². The molecule has 2 heterocycles. The standard InChI is InChI=1S/C19H19ClN4OS2/c1-24-18(15-10-26-16-5-3-2-4-14(15)16)22-23-19(24)27-11-17(25)21-13-8-6-12(20)7-9-13/h6-10H,2-5,11H2,1H3,(H,21,25). The van der Waals surface area contributed by atoms with Gasteiger partial charge < -0.3 is 9.88 Å². The summed E-state index contributed by atoms with van der Waals surface area (Å²) in [6.07, 6.45) is 4.80. The van der Waals surface area contributed by atoms with Crippen LogP contribution < -0.4 is 5.32 Å². The first-order valence-electron chi connectivity index (χ1n) is 8.79. The van der Waals surface area contributed by atoms with Crippen LogP contribution in [0.25, 0.3) is 11.4 Å². The van der Waals surface area contributed by atoms with Gasteiger partial charge in [0.05, 0.1) is 5.75 Å². The summed E-state index contributed by atoms with van der Waals surface area (Å²) in [5.74, 6) is 1.07. The Labute approximate surface area is 171 Å². The molecule has 2 aromatic heterocycles. The predicted molar refractivity (Wildman–Crippen MR) is 112 cm³/mol. The number of thioether (sulfide) groups is 1. The van der Waals surface area contributed by atoms with Gasteiger partial charge in [-0.1, -0.05) is 23.4 Å². The lowest BCUT2D eigenvalue weighted by molar-refractivity contribution is -0.113. The maximum Gasteiger partial charge on any atom is 0.234 e. The van der Waals surface area contributed by atoms with Crippen LogP contribution in [0.4, 0.5) is 5.69 Å². The minimum Gasteiger partial charge on any atom is -0.325 e. The van der Waals surface area contributed by atoms with E-state index in [4.69, 9.17) is 11.6 Å². The first-order valence-corrected chi connectivity index (χ1v) is 11.0. The van der Waals surface area contributed by atoms with Gasteiger partial charge in [0, 0.05) is 33.6 Å². The van der Waals surface area contributed by atoms with E-state index in [9.17, 15) is 4.79 Å². The first-order chi connectivity index (χ1) is 13.1. The van der Waals surface area contributed by atoms with E-state index < -0.39 is 0 Å². The van der Waals surface area contributed by atoms with Crippen LogP contribution in [0.3, 0.4) is 0 Å². The molecule has 0 atom stereocenters. The summed E-state index contributed by atoms with van der Waals surface area (Å²) >= 11 is 9.07. The van der Waals surface area contributed by atoms with E-state index in [-0.39, 0.29) is 11.7 Å². The largest absolute Gasteiger partial charge is 0.325 e. The third-order valence-corrected chi connectivity index (χ3v) is 6.96. The number of nitrogens with one attached hydrogen (secondary N) is 1. The number of aryl methyl sites for hydroxylation is 1. The average molecular weight is 419 g/mol. The van der Waals surface area contributed by atoms with Crippen molar-refractivity contribution in [1.29, 1.82) is 0 Å². The van der Waals surface area contributed by atoms with Crippen molar-refractivity contribution < 1.29 is 4.79 Å². The lowest BCUT2D eigenvalue weighted by Crippen LogP contribution is -2.14. The zero-order valence-electron chi connectivity index (χ0n) is 14.9. The van der Waals surface area contributed by atoms with E-state index in [0.29, 0.717) is 5.02 Å². The third-order valence-electron chi connectivity index (χ3n) is 4.60. The molecule has 0 fully saturated rings. The van der Waals surface area contributed by atoms with Crippen LogP contribution in [0, 0.1) is 0 Å². The van der Waals surface area contributed by atoms with Gasteiger partial charge in [-0.3, -0.25) is 4.79 Å². The molecule has 1 aliphatic rings. The minimum absolute atomic E-state index is 0.0835. The molecule has 1 aromatic carbocycles. The molecular weight excluding hydrogens is 400 g/mol. The van der Waals surface area contributed by atoms with E-state index in [1.165, 1.54) is 47.0 Å². The Morgan fingerprint density at radius 2 is 2.04 bits per heavy atom. The quantitative estimate of drug-likeness (QED) is 0.604. The molecule has 27 heavy (non-hydrogen) atoms. The molecule has 0 bridgehead atoms. The Bertz CT molecular complexity index is 965. The Morgan fingerprint density at radius 3 is 2.85 bits per heavy atom. The molecule has 0 saturated carbocycles. The summed E-state index contributed by atoms with van der Waals surface area (Å²) in [4.78, 5) is 13.7. The number of anilines is 1. The molecule has 1 amide bonds. The number of hydrogen-bond acceptors (Lipinski definition) is 5. The van der Waals surface area contributed by atoms with E-state index in [1.54, 1.807) is 24.3 Å². The lowest BCUT2D eigenvalue weighted by Gasteiger charge is -2.12. The van der Waals surface area contributed by atoms with E-state index in [1.807, 2.05) is 23.0 Å². The monoisotopic (exact) mass is 418 g/mol. The summed E-state index contributed by atoms with van der Waals surface area (Å²) in [6.45, 7) is 0. The second-order valence-electron chi connectivity index (χ2n) is 6.47. The van der Waals surface area contributed by atoms with Crippen molar-refractivity contribution in [2.45, 2.75) is 30.8 Å². The first kappa shape index (κ1) is 18.5. The van der Waals surface area contributed by atoms with Gasteiger partial charge in [-0.2, -0.15) is 0 Å². The van der Waals surface area contributed by atoms with Crippen LogP contribution in [0.5, 0.6) is 0 Å². The Hall–Kier alpha value is -1.83. The molecule has 0 saturated heterocycles. The van der Waals surface area contributed by atoms with E-state index in [2.05, 4.69) is 20.9 Å². The van der Waals surface area contributed by atoms with Gasteiger partial charge >= 0.3 is 0 Å². The molecule has 0 unspecified atom stereocenters. The van der Waals surface area contributed by atoms with Crippen molar-refractivity contribution in [2.75, 3.05) is 11.1 Å². The molecule has 3 aromatic rings. The maximum atomic E-state index is 12.2. The van der Waals surface area contributed by atoms with E-state index in [0.717, 1.165) is 23.1 Å². The number of carbonyl (C=O) groups excluding carboxylic acids is 1. The van der Waals surface area contributed by atoms with Crippen LogP contribution in [0.1, 0.15) is 23.3 Å². The summed E-state index contributed by atoms with van der Waals surface area (Å²) in [5, 5.41) is 15.1. The number of fused-ring (bicyclic) bond motifs is 1. The second-order valence-corrected chi connectivity index (χ2v) is 8.81. The number of amides is 1. The number of halogens is 1. The van der Waals surface area contributed by atoms with Crippen LogP contribution >= 0.6 is 34.7 Å². The highest BCUT2D eigenvalue weighted by atomic mass is 35.5. The van der Waals surface area contributed by atoms with Crippen molar-refractivity contribution in [2.24, 2.45) is 7.05 Å². The SMILES string of the molecule is Cn1c(SCC(=O)Nc2ccc(Cl)cc2)nnc1-c1csc2c1CCCC2. The van der Waals surface area contributed by atoms with Crippen LogP contribution in [-0.4, -0.2) is 26.4 Å². The fraction of sp³-hybridized carbons (Fsp3) is 0.316. The van der Waals surface area contributed by atoms with Crippen LogP contribution in [0.2, 0.25) is 5.02 Å². The highest BCUT2D eigenvalue weighted by molar-refractivity contribution is 7.99. The fourth-order valence-electron chi connectivity index (χ4n) is 3.22. The molecule has 4 rings (SSSR count). The molecule has 1 aliphatic carbocycles. The molecule has 1 N–H and O–H groups in total. The molecule has 8 heteroatoms. The topological polar surface area (TPSA) is 59.8 Å². The Morgan fingerprint density at radius 1 is 1.26 bits per heavy atom. The smallest absolute Gasteiger partial charge is 0.234 e. The highest BCUT2D eigenvalue weighted by Crippen LogP contribution is 2.36. The van der Waals surface area contributed by atoms with Gasteiger partial charge in [-0.25, -0.2) is 0 Å². The summed E-state index contributed by atoms with van der Waals surface area (Å²) in [7, 11) is 1.96. The van der Waals surface area contributed by atoms with Gasteiger partial charge in [0.25, 0.3) is 0 Å². The van der Waals surface area contributed by atoms with Gasteiger partial charge in [-0.15, -0.1) is 21.5 Å². The molecular formula is C19H19ClN4OS2. The predicted octanol–water partition coefficient (Wildman–Crippen LogP) is 4.81. The number of hydrogen-bond donors (Lipinski definition) is 1. The van der Waals surface area contributed by atoms with Crippen molar-refractivity contribution in [1.82, 2.24) is 14.8 Å². The second kappa shape index (κ2) is 8.04. The highest BCUT2D eigenvalue weighted by Gasteiger charge is 2.21. The van der Waals surface area contributed by atoms with Crippen molar-refractivity contribution in [3.8, 4) is 11.4 Å². The number of thiophene rings is 1. The van der Waals surface area contributed by atoms with Crippen molar-refractivity contribution >= 4 is 46.3 Å². The van der Waals surface area contributed by atoms with E-state index >= 15 is 0 Å². The zero-order valence-corrected chi connectivity index (χ0v) is 17.3. The van der Waals surface area contributed by atoms with Gasteiger partial charge in [0.15, 0.2) is 11.0 Å². The zero-order chi connectivity index (χ0) is 18.8. The van der Waals surface area contributed by atoms with Gasteiger partial charge in [0.1, 0.15) is 0 Å². The Balaban J connectivity index is 1.43. The van der Waals surface area contributed by atoms with Crippen molar-refractivity contribution in [3.05, 3.63) is 45.1 Å². The number of rotatable bonds is 5. The molecule has 140 valence electrons. The Kier molecular flexibility index (Phi) is 5.52. The summed E-state index contributed by atoms with van der Waals surface area (Å²) in [6, 6.07) is 7.07. The maximum absolute atomic E-state index is 12.2. The fourth-order valence-corrected chi connectivity index (χ4v) is 5.18. The molecule has 0 spiro atoms. The van der Waals surface area contributed by atoms with Gasteiger partial charge in [0.2, 0.25) is 5.91 Å². The number of aromatic nitrogens is 3. The summed E-state index contributed by atoms with van der Waals surface area (Å²) in [5.41, 5.74) is 3.36. The molecule has 0 radical (unpaired) electrons. The third kappa shape index (κ3) is 4.05. The number of carbonyl (C=O) groups is 1. The molecule has 5 nitrogen and oxygen atoms in total. The molecule has 0 aliphatic heterocycles. The van der Waals surface area contributed by atoms with Crippen LogP contribution in [0.15, 0.2) is 34.8 Å². The lowest BCUT2D eigenvalue weighted by atomic mass is 9.96. The van der Waals surface area contributed by atoms with Crippen LogP contribution in [-0.2, 0) is 24.7 Å². The number of benzene rings is 1. The summed E-state index contributed by atoms with van der Waals surface area (Å²) < 4.78 is 1.98. The number of nitrogens with zero attached hydrogens (tertiary/aromatic N) is 3. The minimum atomic E-state index is -0.0835. The van der Waals surface area contributed by atoms with Gasteiger partial charge in [-0.05, 0) is 55.5 Å². The normalized spacial score (nSPS) is 13.4. The average Bonchev–Trinajstić information content (AvgIpc) is 3.25.